The van der Waals surface area contributed by atoms with Crippen molar-refractivity contribution >= 4 is 17.3 Å². The Balaban J connectivity index is 1.56. The lowest BCUT2D eigenvalue weighted by Crippen LogP contribution is -2.33. The van der Waals surface area contributed by atoms with E-state index < -0.39 is 11.6 Å². The summed E-state index contributed by atoms with van der Waals surface area (Å²) in [6.07, 6.45) is 0. The molecule has 6 rings (SSSR count). The molecule has 0 bridgehead atoms. The zero-order valence-electron chi connectivity index (χ0n) is 17.6. The molecule has 0 aromatic heterocycles. The highest BCUT2D eigenvalue weighted by molar-refractivity contribution is 5.97. The van der Waals surface area contributed by atoms with Crippen molar-refractivity contribution in [1.82, 2.24) is 0 Å². The second-order valence-corrected chi connectivity index (χ2v) is 8.15. The summed E-state index contributed by atoms with van der Waals surface area (Å²) >= 11 is 0. The predicted octanol–water partition coefficient (Wildman–Crippen LogP) is 5.43. The predicted molar refractivity (Wildman–Crippen MR) is 123 cm³/mol. The summed E-state index contributed by atoms with van der Waals surface area (Å²) < 4.78 is 12.3. The maximum Gasteiger partial charge on any atom is 0.340 e. The van der Waals surface area contributed by atoms with Crippen LogP contribution in [-0.2, 0) is 10.3 Å². The highest BCUT2D eigenvalue weighted by atomic mass is 16.6. The van der Waals surface area contributed by atoms with E-state index in [1.54, 1.807) is 30.3 Å². The van der Waals surface area contributed by atoms with Gasteiger partial charge in [-0.3, -0.25) is 0 Å². The summed E-state index contributed by atoms with van der Waals surface area (Å²) in [7, 11) is 1.91. The molecule has 0 radical (unpaired) electrons. The van der Waals surface area contributed by atoms with Crippen LogP contribution in [0.4, 0.5) is 11.4 Å². The number of phenols is 2. The first-order valence-corrected chi connectivity index (χ1v) is 10.5. The third-order valence-electron chi connectivity index (χ3n) is 6.31. The van der Waals surface area contributed by atoms with Crippen molar-refractivity contribution < 1.29 is 24.5 Å². The highest BCUT2D eigenvalue weighted by Crippen LogP contribution is 2.57. The minimum atomic E-state index is -1.17. The Morgan fingerprint density at radius 2 is 1.36 bits per heavy atom. The maximum absolute atomic E-state index is 12.9. The summed E-state index contributed by atoms with van der Waals surface area (Å²) in [6, 6.07) is 24.8. The molecule has 6 heteroatoms. The number of rotatable bonds is 2. The van der Waals surface area contributed by atoms with E-state index in [-0.39, 0.29) is 11.5 Å². The second kappa shape index (κ2) is 6.77. The van der Waals surface area contributed by atoms with E-state index in [0.717, 1.165) is 16.9 Å². The average Bonchev–Trinajstić information content (AvgIpc) is 3.12. The van der Waals surface area contributed by atoms with Crippen LogP contribution in [0.25, 0.3) is 0 Å². The monoisotopic (exact) mass is 437 g/mol. The third-order valence-corrected chi connectivity index (χ3v) is 6.31. The Kier molecular flexibility index (Phi) is 3.95. The largest absolute Gasteiger partial charge is 0.508 e. The van der Waals surface area contributed by atoms with Gasteiger partial charge in [0.05, 0.1) is 5.56 Å². The van der Waals surface area contributed by atoms with Crippen molar-refractivity contribution in [3.05, 3.63) is 107 Å². The fourth-order valence-corrected chi connectivity index (χ4v) is 4.69. The minimum Gasteiger partial charge on any atom is -0.508 e. The van der Waals surface area contributed by atoms with Crippen molar-refractivity contribution in [3.63, 3.8) is 0 Å². The molecule has 162 valence electrons. The van der Waals surface area contributed by atoms with Crippen molar-refractivity contribution in [1.29, 1.82) is 0 Å². The van der Waals surface area contributed by atoms with Gasteiger partial charge in [-0.1, -0.05) is 18.2 Å². The number of ether oxygens (including phenoxy) is 2. The second-order valence-electron chi connectivity index (χ2n) is 8.15. The van der Waals surface area contributed by atoms with E-state index in [2.05, 4.69) is 0 Å². The molecule has 4 aromatic rings. The fourth-order valence-electron chi connectivity index (χ4n) is 4.69. The first-order valence-electron chi connectivity index (χ1n) is 10.5. The normalized spacial score (nSPS) is 17.5. The van der Waals surface area contributed by atoms with Crippen LogP contribution in [0.1, 0.15) is 27.0 Å². The van der Waals surface area contributed by atoms with Crippen molar-refractivity contribution in [2.75, 3.05) is 11.9 Å². The molecule has 33 heavy (non-hydrogen) atoms. The van der Waals surface area contributed by atoms with Gasteiger partial charge in [0.2, 0.25) is 0 Å². The van der Waals surface area contributed by atoms with Gasteiger partial charge in [-0.2, -0.15) is 0 Å². The van der Waals surface area contributed by atoms with Gasteiger partial charge in [0, 0.05) is 47.2 Å². The van der Waals surface area contributed by atoms with Crippen LogP contribution in [0, 0.1) is 0 Å². The number of aromatic hydroxyl groups is 2. The summed E-state index contributed by atoms with van der Waals surface area (Å²) in [5.74, 6) is 0.809. The number of benzene rings is 4. The molecule has 2 N–H and O–H groups in total. The van der Waals surface area contributed by atoms with Crippen LogP contribution in [-0.4, -0.2) is 23.2 Å². The number of fused-ring (bicyclic) bond motifs is 6. The van der Waals surface area contributed by atoms with E-state index in [1.807, 2.05) is 60.5 Å². The van der Waals surface area contributed by atoms with Crippen LogP contribution < -0.4 is 9.64 Å². The van der Waals surface area contributed by atoms with Crippen LogP contribution in [0.3, 0.4) is 0 Å². The number of esters is 1. The lowest BCUT2D eigenvalue weighted by Gasteiger charge is -2.37. The lowest BCUT2D eigenvalue weighted by molar-refractivity contribution is 0.0224. The van der Waals surface area contributed by atoms with Gasteiger partial charge in [0.1, 0.15) is 23.0 Å². The van der Waals surface area contributed by atoms with Gasteiger partial charge in [-0.15, -0.1) is 0 Å². The molecular weight excluding hydrogens is 418 g/mol. The number of hydrogen-bond acceptors (Lipinski definition) is 6. The number of carbonyl (C=O) groups excluding carboxylic acids is 1. The van der Waals surface area contributed by atoms with Crippen LogP contribution in [0.15, 0.2) is 84.9 Å². The zero-order valence-corrected chi connectivity index (χ0v) is 17.6. The zero-order chi connectivity index (χ0) is 22.7. The van der Waals surface area contributed by atoms with E-state index in [0.29, 0.717) is 28.2 Å². The first-order chi connectivity index (χ1) is 16.0. The number of hydrogen-bond donors (Lipinski definition) is 2. The Bertz CT molecular complexity index is 1430. The standard InChI is InChI=1S/C27H19NO5/c1-28(16-6-9-18(29)10-7-16)17-8-12-22-24(14-17)32-25-15-19(30)11-13-23(25)27(22)21-5-3-2-4-20(21)26(31)33-27/h2-15,29-30H,1H3. The SMILES string of the molecule is CN(c1ccc(O)cc1)c1ccc2c(c1)Oc1cc(O)ccc1C21OC(=O)c2ccccc21. The van der Waals surface area contributed by atoms with Crippen molar-refractivity contribution in [2.45, 2.75) is 5.60 Å². The quantitative estimate of drug-likeness (QED) is 0.407. The van der Waals surface area contributed by atoms with Gasteiger partial charge in [-0.05, 0) is 54.6 Å². The topological polar surface area (TPSA) is 79.2 Å². The lowest BCUT2D eigenvalue weighted by atomic mass is 9.77. The molecule has 1 spiro atoms. The van der Waals surface area contributed by atoms with Crippen molar-refractivity contribution in [3.8, 4) is 23.0 Å². The molecule has 2 aliphatic rings. The molecule has 0 aliphatic carbocycles. The molecule has 0 saturated carbocycles. The van der Waals surface area contributed by atoms with Gasteiger partial charge in [-0.25, -0.2) is 4.79 Å². The van der Waals surface area contributed by atoms with Crippen molar-refractivity contribution in [2.24, 2.45) is 0 Å². The summed E-state index contributed by atoms with van der Waals surface area (Å²) in [4.78, 5) is 14.8. The summed E-state index contributed by atoms with van der Waals surface area (Å²) in [6.45, 7) is 0. The summed E-state index contributed by atoms with van der Waals surface area (Å²) in [5.41, 5.74) is 3.18. The molecule has 1 unspecified atom stereocenters. The van der Waals surface area contributed by atoms with Crippen LogP contribution in [0.2, 0.25) is 0 Å². The molecular formula is C27H19NO5. The fraction of sp³-hybridized carbons (Fsp3) is 0.0741. The number of nitrogens with zero attached hydrogens (tertiary/aromatic N) is 1. The maximum atomic E-state index is 12.9. The number of anilines is 2. The molecule has 2 aliphatic heterocycles. The molecule has 2 heterocycles. The van der Waals surface area contributed by atoms with E-state index in [9.17, 15) is 15.0 Å². The van der Waals surface area contributed by atoms with Gasteiger partial charge in [0.15, 0.2) is 5.60 Å². The van der Waals surface area contributed by atoms with Crippen LogP contribution in [0.5, 0.6) is 23.0 Å². The average molecular weight is 437 g/mol. The number of carbonyl (C=O) groups is 1. The Hall–Kier alpha value is -4.45. The molecule has 0 fully saturated rings. The Morgan fingerprint density at radius 3 is 2.15 bits per heavy atom. The third kappa shape index (κ3) is 2.70. The van der Waals surface area contributed by atoms with Gasteiger partial charge < -0.3 is 24.6 Å². The Morgan fingerprint density at radius 1 is 0.727 bits per heavy atom. The van der Waals surface area contributed by atoms with E-state index >= 15 is 0 Å². The Labute approximate surface area is 189 Å². The first kappa shape index (κ1) is 19.3. The van der Waals surface area contributed by atoms with E-state index in [1.165, 1.54) is 6.07 Å². The molecule has 6 nitrogen and oxygen atoms in total. The van der Waals surface area contributed by atoms with Crippen LogP contribution >= 0.6 is 0 Å². The summed E-state index contributed by atoms with van der Waals surface area (Å²) in [5, 5.41) is 19.7. The number of phenolic OH excluding ortho intramolecular Hbond substituents is 2. The minimum absolute atomic E-state index is 0.0577. The smallest absolute Gasteiger partial charge is 0.340 e. The molecule has 0 amide bonds. The molecule has 1 atom stereocenters. The van der Waals surface area contributed by atoms with Gasteiger partial charge in [0.25, 0.3) is 0 Å². The molecule has 0 saturated heterocycles. The molecule has 4 aromatic carbocycles. The van der Waals surface area contributed by atoms with E-state index in [4.69, 9.17) is 9.47 Å². The van der Waals surface area contributed by atoms with Gasteiger partial charge >= 0.3 is 5.97 Å². The highest BCUT2D eigenvalue weighted by Gasteiger charge is 2.53.